The van der Waals surface area contributed by atoms with Crippen LogP contribution in [0.5, 0.6) is 0 Å². The Balaban J connectivity index is 1.70. The SMILES string of the molecule is O=C1[C@@H]2[C@@H](N=NN2c2cccc(F)c2)C(=O)N1c1ccc(F)cc1. The second-order valence-corrected chi connectivity index (χ2v) is 5.41. The molecule has 1 saturated heterocycles. The van der Waals surface area contributed by atoms with Gasteiger partial charge in [-0.05, 0) is 42.5 Å². The fourth-order valence-electron chi connectivity index (χ4n) is 2.84. The van der Waals surface area contributed by atoms with Crippen molar-refractivity contribution in [1.29, 1.82) is 0 Å². The van der Waals surface area contributed by atoms with Gasteiger partial charge in [0.2, 0.25) is 0 Å². The van der Waals surface area contributed by atoms with Crippen LogP contribution >= 0.6 is 0 Å². The summed E-state index contributed by atoms with van der Waals surface area (Å²) in [7, 11) is 0. The predicted octanol–water partition coefficient (Wildman–Crippen LogP) is 2.46. The Kier molecular flexibility index (Phi) is 3.12. The van der Waals surface area contributed by atoms with Crippen LogP contribution in [0.2, 0.25) is 0 Å². The summed E-state index contributed by atoms with van der Waals surface area (Å²) < 4.78 is 26.5. The van der Waals surface area contributed by atoms with Crippen molar-refractivity contribution in [2.24, 2.45) is 10.3 Å². The number of fused-ring (bicyclic) bond motifs is 1. The molecular weight excluding hydrogens is 318 g/mol. The van der Waals surface area contributed by atoms with Gasteiger partial charge in [-0.1, -0.05) is 11.3 Å². The highest BCUT2D eigenvalue weighted by Gasteiger charge is 2.55. The summed E-state index contributed by atoms with van der Waals surface area (Å²) in [5.41, 5.74) is 0.587. The minimum absolute atomic E-state index is 0.259. The van der Waals surface area contributed by atoms with E-state index in [0.29, 0.717) is 5.69 Å². The van der Waals surface area contributed by atoms with Crippen LogP contribution in [0.1, 0.15) is 0 Å². The number of carbonyl (C=O) groups is 2. The third-order valence-electron chi connectivity index (χ3n) is 3.94. The van der Waals surface area contributed by atoms with Crippen LogP contribution in [0.3, 0.4) is 0 Å². The van der Waals surface area contributed by atoms with E-state index in [0.717, 1.165) is 17.0 Å². The first-order chi connectivity index (χ1) is 11.6. The normalized spacial score (nSPS) is 22.4. The highest BCUT2D eigenvalue weighted by molar-refractivity contribution is 6.26. The molecule has 2 aromatic rings. The third kappa shape index (κ3) is 2.07. The van der Waals surface area contributed by atoms with E-state index < -0.39 is 35.5 Å². The monoisotopic (exact) mass is 328 g/mol. The number of halogens is 2. The number of hydrogen-bond acceptors (Lipinski definition) is 5. The van der Waals surface area contributed by atoms with Gasteiger partial charge in [-0.3, -0.25) is 9.59 Å². The molecule has 0 spiro atoms. The molecule has 24 heavy (non-hydrogen) atoms. The van der Waals surface area contributed by atoms with Crippen LogP contribution in [0, 0.1) is 11.6 Å². The fraction of sp³-hybridized carbons (Fsp3) is 0.125. The summed E-state index contributed by atoms with van der Waals surface area (Å²) in [5.74, 6) is -2.04. The highest BCUT2D eigenvalue weighted by Crippen LogP contribution is 2.34. The molecule has 2 amide bonds. The summed E-state index contributed by atoms with van der Waals surface area (Å²) in [6, 6.07) is 8.57. The molecule has 0 radical (unpaired) electrons. The first kappa shape index (κ1) is 14.4. The zero-order chi connectivity index (χ0) is 16.8. The Labute approximate surface area is 135 Å². The van der Waals surface area contributed by atoms with Gasteiger partial charge in [0, 0.05) is 0 Å². The molecule has 2 heterocycles. The van der Waals surface area contributed by atoms with Crippen LogP contribution in [0.4, 0.5) is 20.2 Å². The number of imide groups is 1. The second kappa shape index (κ2) is 5.19. The molecule has 2 aromatic carbocycles. The summed E-state index contributed by atoms with van der Waals surface area (Å²) in [4.78, 5) is 26.1. The van der Waals surface area contributed by atoms with Crippen molar-refractivity contribution in [2.45, 2.75) is 12.1 Å². The van der Waals surface area contributed by atoms with Crippen LogP contribution < -0.4 is 9.91 Å². The molecule has 1 fully saturated rings. The van der Waals surface area contributed by atoms with Gasteiger partial charge >= 0.3 is 0 Å². The molecule has 120 valence electrons. The number of anilines is 2. The summed E-state index contributed by atoms with van der Waals surface area (Å²) in [6.07, 6.45) is 0. The topological polar surface area (TPSA) is 65.3 Å². The van der Waals surface area contributed by atoms with Gasteiger partial charge in [0.15, 0.2) is 12.1 Å². The van der Waals surface area contributed by atoms with E-state index in [1.165, 1.54) is 35.3 Å². The zero-order valence-corrected chi connectivity index (χ0v) is 12.1. The number of hydrogen-bond donors (Lipinski definition) is 0. The van der Waals surface area contributed by atoms with E-state index >= 15 is 0 Å². The lowest BCUT2D eigenvalue weighted by molar-refractivity contribution is -0.121. The average molecular weight is 328 g/mol. The highest BCUT2D eigenvalue weighted by atomic mass is 19.1. The zero-order valence-electron chi connectivity index (χ0n) is 12.1. The molecule has 0 saturated carbocycles. The third-order valence-corrected chi connectivity index (χ3v) is 3.94. The van der Waals surface area contributed by atoms with Gasteiger partial charge in [0.25, 0.3) is 11.8 Å². The van der Waals surface area contributed by atoms with Crippen molar-refractivity contribution in [2.75, 3.05) is 9.91 Å². The fourth-order valence-corrected chi connectivity index (χ4v) is 2.84. The van der Waals surface area contributed by atoms with Crippen LogP contribution in [-0.4, -0.2) is 23.9 Å². The smallest absolute Gasteiger partial charge is 0.263 e. The van der Waals surface area contributed by atoms with Crippen LogP contribution in [0.15, 0.2) is 58.9 Å². The summed E-state index contributed by atoms with van der Waals surface area (Å²) >= 11 is 0. The molecule has 2 aliphatic rings. The maximum absolute atomic E-state index is 13.4. The first-order valence-electron chi connectivity index (χ1n) is 7.15. The molecule has 0 unspecified atom stereocenters. The average Bonchev–Trinajstić information content (AvgIpc) is 3.10. The number of nitrogens with zero attached hydrogens (tertiary/aromatic N) is 4. The molecule has 2 atom stereocenters. The second-order valence-electron chi connectivity index (χ2n) is 5.41. The van der Waals surface area contributed by atoms with Crippen molar-refractivity contribution < 1.29 is 18.4 Å². The van der Waals surface area contributed by atoms with Gasteiger partial charge in [0.05, 0.1) is 11.4 Å². The number of benzene rings is 2. The molecule has 0 N–H and O–H groups in total. The Bertz CT molecular complexity index is 869. The first-order valence-corrected chi connectivity index (χ1v) is 7.15. The van der Waals surface area contributed by atoms with Crippen LogP contribution in [-0.2, 0) is 9.59 Å². The van der Waals surface area contributed by atoms with Gasteiger partial charge in [0.1, 0.15) is 11.6 Å². The summed E-state index contributed by atoms with van der Waals surface area (Å²) in [5, 5.41) is 8.92. The van der Waals surface area contributed by atoms with E-state index in [9.17, 15) is 18.4 Å². The number of rotatable bonds is 2. The van der Waals surface area contributed by atoms with E-state index in [1.54, 1.807) is 6.07 Å². The number of amides is 2. The molecule has 6 nitrogen and oxygen atoms in total. The molecule has 0 aliphatic carbocycles. The van der Waals surface area contributed by atoms with Crippen molar-refractivity contribution >= 4 is 23.2 Å². The standard InChI is InChI=1S/C16H10F2N4O2/c17-9-4-6-11(7-5-9)21-15(23)13-14(16(21)24)22(20-19-13)12-3-1-2-10(18)8-12/h1-8,13-14H/t13-,14+/m1/s1. The summed E-state index contributed by atoms with van der Waals surface area (Å²) in [6.45, 7) is 0. The van der Waals surface area contributed by atoms with E-state index in [2.05, 4.69) is 10.3 Å². The maximum atomic E-state index is 13.4. The predicted molar refractivity (Wildman–Crippen MR) is 80.2 cm³/mol. The molecule has 0 bridgehead atoms. The van der Waals surface area contributed by atoms with Crippen molar-refractivity contribution in [3.63, 3.8) is 0 Å². The molecule has 4 rings (SSSR count). The minimum Gasteiger partial charge on any atom is -0.271 e. The van der Waals surface area contributed by atoms with Gasteiger partial charge < -0.3 is 0 Å². The van der Waals surface area contributed by atoms with Crippen molar-refractivity contribution in [3.05, 3.63) is 60.2 Å². The molecule has 0 aromatic heterocycles. The van der Waals surface area contributed by atoms with Gasteiger partial charge in [-0.2, -0.15) is 5.11 Å². The Hall–Kier alpha value is -3.16. The molecule has 8 heteroatoms. The lowest BCUT2D eigenvalue weighted by Crippen LogP contribution is -2.39. The van der Waals surface area contributed by atoms with Crippen molar-refractivity contribution in [1.82, 2.24) is 0 Å². The van der Waals surface area contributed by atoms with Gasteiger partial charge in [-0.15, -0.1) is 0 Å². The maximum Gasteiger partial charge on any atom is 0.263 e. The largest absolute Gasteiger partial charge is 0.271 e. The number of carbonyl (C=O) groups excluding carboxylic acids is 2. The lowest BCUT2D eigenvalue weighted by Gasteiger charge is -2.20. The van der Waals surface area contributed by atoms with E-state index in [-0.39, 0.29) is 5.69 Å². The Morgan fingerprint density at radius 2 is 1.62 bits per heavy atom. The lowest BCUT2D eigenvalue weighted by atomic mass is 10.1. The van der Waals surface area contributed by atoms with Gasteiger partial charge in [-0.25, -0.2) is 18.7 Å². The minimum atomic E-state index is -0.995. The quantitative estimate of drug-likeness (QED) is 0.796. The van der Waals surface area contributed by atoms with Crippen LogP contribution in [0.25, 0.3) is 0 Å². The molecular formula is C16H10F2N4O2. The Morgan fingerprint density at radius 1 is 0.875 bits per heavy atom. The Morgan fingerprint density at radius 3 is 2.33 bits per heavy atom. The van der Waals surface area contributed by atoms with E-state index in [1.807, 2.05) is 0 Å². The van der Waals surface area contributed by atoms with E-state index in [4.69, 9.17) is 0 Å². The van der Waals surface area contributed by atoms with Crippen molar-refractivity contribution in [3.8, 4) is 0 Å². The molecule has 2 aliphatic heterocycles.